The third-order valence-electron chi connectivity index (χ3n) is 2.65. The molecule has 0 saturated heterocycles. The van der Waals surface area contributed by atoms with Crippen LogP contribution >= 0.6 is 0 Å². The summed E-state index contributed by atoms with van der Waals surface area (Å²) in [5.41, 5.74) is 0. The number of unbranched alkanes of at least 4 members (excludes halogenated alkanes) is 2. The van der Waals surface area contributed by atoms with Crippen molar-refractivity contribution in [1.82, 2.24) is 0 Å². The van der Waals surface area contributed by atoms with E-state index in [1.54, 1.807) is 0 Å². The summed E-state index contributed by atoms with van der Waals surface area (Å²) in [7, 11) is -8.64. The molecule has 98 valence electrons. The van der Waals surface area contributed by atoms with Crippen molar-refractivity contribution in [3.05, 3.63) is 0 Å². The van der Waals surface area contributed by atoms with Gasteiger partial charge in [-0.1, -0.05) is 39.5 Å². The van der Waals surface area contributed by atoms with E-state index in [9.17, 15) is 16.4 Å². The van der Waals surface area contributed by atoms with Crippen LogP contribution in [0.3, 0.4) is 0 Å². The first kappa shape index (κ1) is 16.2. The molecule has 0 fully saturated rings. The molecule has 0 bridgehead atoms. The Bertz CT molecular complexity index is 166. The van der Waals surface area contributed by atoms with Gasteiger partial charge in [0, 0.05) is 12.1 Å². The average Bonchev–Trinajstić information content (AvgIpc) is 2.22. The molecule has 0 saturated carbocycles. The standard InChI is InChI=1S/C10H22F4Si2/c1-3-5-7-15(11,12)9-10-16(13,14)8-6-4-2/h3-10H2,1-2H3. The van der Waals surface area contributed by atoms with E-state index in [1.807, 2.05) is 13.8 Å². The highest BCUT2D eigenvalue weighted by Crippen LogP contribution is 2.31. The lowest BCUT2D eigenvalue weighted by Gasteiger charge is -2.16. The summed E-state index contributed by atoms with van der Waals surface area (Å²) in [6, 6.07) is -1.20. The second kappa shape index (κ2) is 7.47. The van der Waals surface area contributed by atoms with E-state index in [0.29, 0.717) is 25.7 Å². The molecule has 0 unspecified atom stereocenters. The molecular formula is C10H22F4Si2. The highest BCUT2D eigenvalue weighted by molar-refractivity contribution is 6.71. The molecule has 0 rings (SSSR count). The zero-order valence-electron chi connectivity index (χ0n) is 10.2. The zero-order chi connectivity index (χ0) is 12.7. The van der Waals surface area contributed by atoms with Gasteiger partial charge in [-0.15, -0.1) is 0 Å². The minimum Gasteiger partial charge on any atom is -0.270 e. The number of halogens is 4. The lowest BCUT2D eigenvalue weighted by Crippen LogP contribution is -2.29. The number of hydrogen-bond acceptors (Lipinski definition) is 0. The fourth-order valence-corrected chi connectivity index (χ4v) is 6.65. The smallest absolute Gasteiger partial charge is 0.270 e. The molecule has 0 aromatic rings. The predicted molar refractivity (Wildman–Crippen MR) is 65.0 cm³/mol. The maximum atomic E-state index is 13.3. The van der Waals surface area contributed by atoms with Crippen LogP contribution in [0.25, 0.3) is 0 Å². The molecule has 0 nitrogen and oxygen atoms in total. The first-order valence-electron chi connectivity index (χ1n) is 6.08. The molecule has 6 heteroatoms. The Hall–Kier alpha value is 0.154. The van der Waals surface area contributed by atoms with Crippen LogP contribution < -0.4 is 0 Å². The van der Waals surface area contributed by atoms with E-state index in [2.05, 4.69) is 0 Å². The highest BCUT2D eigenvalue weighted by atomic mass is 28.4. The summed E-state index contributed by atoms with van der Waals surface area (Å²) in [6.45, 7) is 3.68. The second-order valence-electron chi connectivity index (χ2n) is 4.42. The molecule has 0 aromatic carbocycles. The molecular weight excluding hydrogens is 252 g/mol. The molecule has 16 heavy (non-hydrogen) atoms. The Morgan fingerprint density at radius 1 is 0.625 bits per heavy atom. The van der Waals surface area contributed by atoms with Crippen molar-refractivity contribution in [2.24, 2.45) is 0 Å². The highest BCUT2D eigenvalue weighted by Gasteiger charge is 2.42. The van der Waals surface area contributed by atoms with Crippen LogP contribution in [0.2, 0.25) is 24.2 Å². The first-order valence-corrected chi connectivity index (χ1v) is 10.4. The lowest BCUT2D eigenvalue weighted by atomic mass is 10.4. The molecule has 0 aromatic heterocycles. The van der Waals surface area contributed by atoms with Gasteiger partial charge in [0.05, 0.1) is 0 Å². The Labute approximate surface area is 98.1 Å². The van der Waals surface area contributed by atoms with Gasteiger partial charge < -0.3 is 0 Å². The molecule has 0 radical (unpaired) electrons. The molecule has 0 aliphatic carbocycles. The van der Waals surface area contributed by atoms with E-state index in [0.717, 1.165) is 0 Å². The topological polar surface area (TPSA) is 0 Å². The molecule has 0 aliphatic heterocycles. The largest absolute Gasteiger partial charge is 0.424 e. The normalized spacial score (nSPS) is 13.1. The monoisotopic (exact) mass is 274 g/mol. The maximum absolute atomic E-state index is 13.3. The lowest BCUT2D eigenvalue weighted by molar-refractivity contribution is 0.551. The van der Waals surface area contributed by atoms with Gasteiger partial charge in [-0.05, 0) is 12.1 Å². The minimum atomic E-state index is -4.32. The average molecular weight is 274 g/mol. The van der Waals surface area contributed by atoms with Crippen molar-refractivity contribution in [2.75, 3.05) is 0 Å². The minimum absolute atomic E-state index is 0.109. The van der Waals surface area contributed by atoms with Crippen molar-refractivity contribution in [1.29, 1.82) is 0 Å². The van der Waals surface area contributed by atoms with Gasteiger partial charge in [-0.25, -0.2) is 0 Å². The van der Waals surface area contributed by atoms with Crippen LogP contribution in [0.4, 0.5) is 16.4 Å². The second-order valence-corrected chi connectivity index (χ2v) is 9.84. The van der Waals surface area contributed by atoms with Crippen LogP contribution in [0, 0.1) is 0 Å². The zero-order valence-corrected chi connectivity index (χ0v) is 12.2. The SMILES string of the molecule is CCCC[Si](F)(F)CC[Si](F)(F)CCCC. The maximum Gasteiger partial charge on any atom is 0.424 e. The van der Waals surface area contributed by atoms with Gasteiger partial charge in [-0.2, -0.15) is 0 Å². The fraction of sp³-hybridized carbons (Fsp3) is 1.00. The van der Waals surface area contributed by atoms with Gasteiger partial charge in [0.2, 0.25) is 0 Å². The Kier molecular flexibility index (Phi) is 7.55. The first-order chi connectivity index (χ1) is 7.33. The van der Waals surface area contributed by atoms with Gasteiger partial charge in [0.15, 0.2) is 0 Å². The van der Waals surface area contributed by atoms with E-state index in [4.69, 9.17) is 0 Å². The summed E-state index contributed by atoms with van der Waals surface area (Å²) in [6.07, 6.45) is 2.38. The van der Waals surface area contributed by atoms with E-state index < -0.39 is 29.6 Å². The van der Waals surface area contributed by atoms with Crippen LogP contribution in [0.1, 0.15) is 39.5 Å². The van der Waals surface area contributed by atoms with Crippen molar-refractivity contribution < 1.29 is 16.4 Å². The van der Waals surface area contributed by atoms with Crippen LogP contribution in [-0.4, -0.2) is 17.5 Å². The van der Waals surface area contributed by atoms with Crippen LogP contribution in [0.5, 0.6) is 0 Å². The third kappa shape index (κ3) is 8.32. The van der Waals surface area contributed by atoms with Gasteiger partial charge in [0.25, 0.3) is 0 Å². The van der Waals surface area contributed by atoms with Gasteiger partial charge in [-0.3, -0.25) is 16.4 Å². The fourth-order valence-electron chi connectivity index (χ4n) is 1.49. The summed E-state index contributed by atoms with van der Waals surface area (Å²) in [5.74, 6) is 0. The molecule has 0 N–H and O–H groups in total. The Morgan fingerprint density at radius 3 is 1.19 bits per heavy atom. The third-order valence-corrected chi connectivity index (χ3v) is 7.28. The van der Waals surface area contributed by atoms with E-state index >= 15 is 0 Å². The summed E-state index contributed by atoms with van der Waals surface area (Å²) in [5, 5.41) is 0. The quantitative estimate of drug-likeness (QED) is 0.302. The molecule has 0 amide bonds. The molecule has 0 atom stereocenters. The molecule has 0 aliphatic rings. The number of rotatable bonds is 9. The summed E-state index contributed by atoms with van der Waals surface area (Å²) < 4.78 is 53.2. The van der Waals surface area contributed by atoms with Crippen molar-refractivity contribution in [3.8, 4) is 0 Å². The van der Waals surface area contributed by atoms with Crippen molar-refractivity contribution in [2.45, 2.75) is 63.7 Å². The van der Waals surface area contributed by atoms with Crippen LogP contribution in [0.15, 0.2) is 0 Å². The van der Waals surface area contributed by atoms with Crippen molar-refractivity contribution in [3.63, 3.8) is 0 Å². The number of hydrogen-bond donors (Lipinski definition) is 0. The summed E-state index contributed by atoms with van der Waals surface area (Å²) >= 11 is 0. The summed E-state index contributed by atoms with van der Waals surface area (Å²) in [4.78, 5) is 0. The van der Waals surface area contributed by atoms with Gasteiger partial charge >= 0.3 is 17.5 Å². The van der Waals surface area contributed by atoms with E-state index in [-0.39, 0.29) is 12.1 Å². The predicted octanol–water partition coefficient (Wildman–Crippen LogP) is 5.35. The van der Waals surface area contributed by atoms with Crippen molar-refractivity contribution >= 4 is 17.5 Å². The Balaban J connectivity index is 3.91. The van der Waals surface area contributed by atoms with Gasteiger partial charge in [0.1, 0.15) is 0 Å². The Morgan fingerprint density at radius 2 is 0.938 bits per heavy atom. The molecule has 0 spiro atoms. The van der Waals surface area contributed by atoms with E-state index in [1.165, 1.54) is 0 Å². The molecule has 0 heterocycles. The van der Waals surface area contributed by atoms with Crippen LogP contribution in [-0.2, 0) is 0 Å².